The molecule has 8 heteroatoms. The maximum Gasteiger partial charge on any atom is 0.227 e. The average Bonchev–Trinajstić information content (AvgIpc) is 2.85. The van der Waals surface area contributed by atoms with Crippen LogP contribution in [0, 0.1) is 5.82 Å². The summed E-state index contributed by atoms with van der Waals surface area (Å²) in [5.74, 6) is 0.200. The standard InChI is InChI=1S/C25H28FN5O2/c26-21-15-20(16-23(17-21)31-8-12-33-13-9-31)24-4-5-27-25(29-24)28-22-3-1-2-19(14-22)18-30-6-10-32-11-7-30/h1-5,14-17H,6-13,18H2,(H,27,28,29). The quantitative estimate of drug-likeness (QED) is 0.616. The lowest BCUT2D eigenvalue weighted by Crippen LogP contribution is -2.36. The highest BCUT2D eigenvalue weighted by atomic mass is 19.1. The number of morpholine rings is 2. The van der Waals surface area contributed by atoms with Gasteiger partial charge in [-0.05, 0) is 42.0 Å². The Balaban J connectivity index is 1.33. The molecule has 1 aromatic heterocycles. The number of nitrogens with one attached hydrogen (secondary N) is 1. The van der Waals surface area contributed by atoms with Crippen LogP contribution in [0.2, 0.25) is 0 Å². The summed E-state index contributed by atoms with van der Waals surface area (Å²) >= 11 is 0. The van der Waals surface area contributed by atoms with Gasteiger partial charge in [-0.15, -0.1) is 0 Å². The molecule has 0 atom stereocenters. The Morgan fingerprint density at radius 1 is 0.909 bits per heavy atom. The molecule has 2 aliphatic rings. The molecular weight excluding hydrogens is 421 g/mol. The summed E-state index contributed by atoms with van der Waals surface area (Å²) in [5.41, 5.74) is 4.38. The predicted octanol–water partition coefficient (Wildman–Crippen LogP) is 3.70. The number of aromatic nitrogens is 2. The van der Waals surface area contributed by atoms with Gasteiger partial charge in [0, 0.05) is 55.9 Å². The van der Waals surface area contributed by atoms with E-state index in [-0.39, 0.29) is 5.82 Å². The van der Waals surface area contributed by atoms with Crippen molar-refractivity contribution in [2.24, 2.45) is 0 Å². The second kappa shape index (κ2) is 10.2. The molecule has 33 heavy (non-hydrogen) atoms. The van der Waals surface area contributed by atoms with E-state index in [1.54, 1.807) is 18.3 Å². The second-order valence-electron chi connectivity index (χ2n) is 8.28. The van der Waals surface area contributed by atoms with E-state index in [0.717, 1.165) is 62.9 Å². The molecule has 1 N–H and O–H groups in total. The maximum absolute atomic E-state index is 14.4. The molecule has 2 aliphatic heterocycles. The Kier molecular flexibility index (Phi) is 6.76. The van der Waals surface area contributed by atoms with Crippen molar-refractivity contribution in [3.63, 3.8) is 0 Å². The SMILES string of the molecule is Fc1cc(-c2ccnc(Nc3cccc(CN4CCOCC4)c3)n2)cc(N2CCOCC2)c1. The Morgan fingerprint density at radius 3 is 2.52 bits per heavy atom. The molecule has 2 saturated heterocycles. The summed E-state index contributed by atoms with van der Waals surface area (Å²) in [4.78, 5) is 13.5. The highest BCUT2D eigenvalue weighted by molar-refractivity contribution is 5.67. The minimum atomic E-state index is -0.280. The zero-order valence-corrected chi connectivity index (χ0v) is 18.5. The largest absolute Gasteiger partial charge is 0.379 e. The van der Waals surface area contributed by atoms with E-state index >= 15 is 0 Å². The molecule has 0 amide bonds. The minimum Gasteiger partial charge on any atom is -0.379 e. The van der Waals surface area contributed by atoms with Crippen molar-refractivity contribution in [3.8, 4) is 11.3 Å². The van der Waals surface area contributed by atoms with Gasteiger partial charge in [-0.1, -0.05) is 12.1 Å². The molecule has 2 fully saturated rings. The summed E-state index contributed by atoms with van der Waals surface area (Å²) in [6.07, 6.45) is 1.70. The molecule has 0 spiro atoms. The predicted molar refractivity (Wildman–Crippen MR) is 126 cm³/mol. The van der Waals surface area contributed by atoms with E-state index in [9.17, 15) is 4.39 Å². The first-order valence-electron chi connectivity index (χ1n) is 11.4. The van der Waals surface area contributed by atoms with Crippen LogP contribution in [0.5, 0.6) is 0 Å². The molecule has 7 nitrogen and oxygen atoms in total. The van der Waals surface area contributed by atoms with Crippen molar-refractivity contribution in [1.29, 1.82) is 0 Å². The lowest BCUT2D eigenvalue weighted by molar-refractivity contribution is 0.0342. The van der Waals surface area contributed by atoms with Crippen LogP contribution in [0.25, 0.3) is 11.3 Å². The number of anilines is 3. The van der Waals surface area contributed by atoms with Gasteiger partial charge in [0.1, 0.15) is 5.82 Å². The Labute approximate surface area is 193 Å². The van der Waals surface area contributed by atoms with Gasteiger partial charge in [0.25, 0.3) is 0 Å². The van der Waals surface area contributed by atoms with E-state index in [1.165, 1.54) is 11.6 Å². The van der Waals surface area contributed by atoms with Crippen LogP contribution >= 0.6 is 0 Å². The third kappa shape index (κ3) is 5.65. The molecule has 3 heterocycles. The molecule has 0 saturated carbocycles. The molecule has 0 unspecified atom stereocenters. The average molecular weight is 450 g/mol. The summed E-state index contributed by atoms with van der Waals surface area (Å²) in [7, 11) is 0. The van der Waals surface area contributed by atoms with Gasteiger partial charge in [-0.25, -0.2) is 14.4 Å². The molecule has 172 valence electrons. The van der Waals surface area contributed by atoms with Crippen LogP contribution in [-0.2, 0) is 16.0 Å². The summed E-state index contributed by atoms with van der Waals surface area (Å²) < 4.78 is 25.3. The third-order valence-electron chi connectivity index (χ3n) is 5.90. The van der Waals surface area contributed by atoms with Crippen LogP contribution in [0.4, 0.5) is 21.7 Å². The first-order chi connectivity index (χ1) is 16.2. The number of hydrogen-bond donors (Lipinski definition) is 1. The zero-order chi connectivity index (χ0) is 22.5. The monoisotopic (exact) mass is 449 g/mol. The van der Waals surface area contributed by atoms with Crippen molar-refractivity contribution in [1.82, 2.24) is 14.9 Å². The van der Waals surface area contributed by atoms with E-state index < -0.39 is 0 Å². The fourth-order valence-electron chi connectivity index (χ4n) is 4.20. The van der Waals surface area contributed by atoms with Gasteiger partial charge in [0.15, 0.2) is 0 Å². The van der Waals surface area contributed by atoms with E-state index in [2.05, 4.69) is 37.2 Å². The van der Waals surface area contributed by atoms with Gasteiger partial charge in [-0.3, -0.25) is 4.90 Å². The van der Waals surface area contributed by atoms with Crippen molar-refractivity contribution >= 4 is 17.3 Å². The number of ether oxygens (including phenoxy) is 2. The third-order valence-corrected chi connectivity index (χ3v) is 5.90. The van der Waals surface area contributed by atoms with Crippen molar-refractivity contribution in [2.45, 2.75) is 6.54 Å². The normalized spacial score (nSPS) is 17.2. The lowest BCUT2D eigenvalue weighted by atomic mass is 10.1. The fraction of sp³-hybridized carbons (Fsp3) is 0.360. The summed E-state index contributed by atoms with van der Waals surface area (Å²) in [5, 5.41) is 3.30. The van der Waals surface area contributed by atoms with Gasteiger partial charge in [0.05, 0.1) is 32.1 Å². The topological polar surface area (TPSA) is 62.8 Å². The van der Waals surface area contributed by atoms with Crippen LogP contribution in [0.1, 0.15) is 5.56 Å². The Hall–Kier alpha value is -3.07. The number of benzene rings is 2. The van der Waals surface area contributed by atoms with Crippen LogP contribution in [0.3, 0.4) is 0 Å². The van der Waals surface area contributed by atoms with Crippen molar-refractivity contribution in [3.05, 3.63) is 66.1 Å². The number of nitrogens with zero attached hydrogens (tertiary/aromatic N) is 4. The van der Waals surface area contributed by atoms with Crippen LogP contribution in [-0.4, -0.2) is 67.5 Å². The summed E-state index contributed by atoms with van der Waals surface area (Å²) in [6, 6.07) is 15.1. The number of rotatable bonds is 6. The maximum atomic E-state index is 14.4. The molecular formula is C25H28FN5O2. The highest BCUT2D eigenvalue weighted by Crippen LogP contribution is 2.27. The van der Waals surface area contributed by atoms with Crippen LogP contribution in [0.15, 0.2) is 54.7 Å². The molecule has 5 rings (SSSR count). The number of hydrogen-bond acceptors (Lipinski definition) is 7. The van der Waals surface area contributed by atoms with Gasteiger partial charge < -0.3 is 19.7 Å². The van der Waals surface area contributed by atoms with Crippen molar-refractivity contribution in [2.75, 3.05) is 62.8 Å². The molecule has 0 bridgehead atoms. The Morgan fingerprint density at radius 2 is 1.70 bits per heavy atom. The first kappa shape index (κ1) is 21.8. The van der Waals surface area contributed by atoms with Gasteiger partial charge >= 0.3 is 0 Å². The van der Waals surface area contributed by atoms with Gasteiger partial charge in [0.2, 0.25) is 5.95 Å². The molecule has 3 aromatic rings. The highest BCUT2D eigenvalue weighted by Gasteiger charge is 2.15. The van der Waals surface area contributed by atoms with Gasteiger partial charge in [-0.2, -0.15) is 0 Å². The minimum absolute atomic E-state index is 0.280. The zero-order valence-electron chi connectivity index (χ0n) is 18.5. The smallest absolute Gasteiger partial charge is 0.227 e. The Bertz CT molecular complexity index is 1080. The molecule has 0 radical (unpaired) electrons. The van der Waals surface area contributed by atoms with E-state index in [4.69, 9.17) is 9.47 Å². The second-order valence-corrected chi connectivity index (χ2v) is 8.28. The molecule has 2 aromatic carbocycles. The van der Waals surface area contributed by atoms with Crippen molar-refractivity contribution < 1.29 is 13.9 Å². The fourth-order valence-corrected chi connectivity index (χ4v) is 4.20. The van der Waals surface area contributed by atoms with Crippen LogP contribution < -0.4 is 10.2 Å². The molecule has 0 aliphatic carbocycles. The lowest BCUT2D eigenvalue weighted by Gasteiger charge is -2.29. The first-order valence-corrected chi connectivity index (χ1v) is 11.4. The van der Waals surface area contributed by atoms with E-state index in [0.29, 0.717) is 24.9 Å². The number of halogens is 1. The summed E-state index contributed by atoms with van der Waals surface area (Å²) in [6.45, 7) is 7.15. The van der Waals surface area contributed by atoms with E-state index in [1.807, 2.05) is 18.2 Å².